The number of ether oxygens (including phenoxy) is 1. The van der Waals surface area contributed by atoms with Gasteiger partial charge in [-0.1, -0.05) is 43.3 Å². The van der Waals surface area contributed by atoms with Gasteiger partial charge in [0, 0.05) is 6.04 Å². The van der Waals surface area contributed by atoms with Crippen molar-refractivity contribution in [1.82, 2.24) is 0 Å². The normalized spacial score (nSPS) is 14.5. The minimum Gasteiger partial charge on any atom is -0.375 e. The SMILES string of the molecule is C=C[C@@H](C)[C@H](N)COCc1ccccc1. The number of benzene rings is 1. The van der Waals surface area contributed by atoms with Gasteiger partial charge in [-0.15, -0.1) is 6.58 Å². The summed E-state index contributed by atoms with van der Waals surface area (Å²) in [5.41, 5.74) is 7.07. The molecule has 2 N–H and O–H groups in total. The fraction of sp³-hybridized carbons (Fsp3) is 0.385. The van der Waals surface area contributed by atoms with Gasteiger partial charge in [-0.3, -0.25) is 0 Å². The van der Waals surface area contributed by atoms with E-state index in [1.54, 1.807) is 0 Å². The Morgan fingerprint density at radius 1 is 1.40 bits per heavy atom. The summed E-state index contributed by atoms with van der Waals surface area (Å²) in [6.07, 6.45) is 1.86. The molecule has 0 aliphatic heterocycles. The highest BCUT2D eigenvalue weighted by Crippen LogP contribution is 2.04. The average Bonchev–Trinajstić information content (AvgIpc) is 2.29. The van der Waals surface area contributed by atoms with E-state index in [0.717, 1.165) is 0 Å². The Labute approximate surface area is 91.7 Å². The predicted molar refractivity (Wildman–Crippen MR) is 63.4 cm³/mol. The second kappa shape index (κ2) is 6.38. The molecule has 2 nitrogen and oxygen atoms in total. The van der Waals surface area contributed by atoms with Crippen LogP contribution in [0.25, 0.3) is 0 Å². The predicted octanol–water partition coefficient (Wildman–Crippen LogP) is 2.35. The third-order valence-corrected chi connectivity index (χ3v) is 2.47. The summed E-state index contributed by atoms with van der Waals surface area (Å²) in [6.45, 7) is 6.95. The van der Waals surface area contributed by atoms with Crippen molar-refractivity contribution in [2.45, 2.75) is 19.6 Å². The number of hydrogen-bond donors (Lipinski definition) is 1. The summed E-state index contributed by atoms with van der Waals surface area (Å²) in [7, 11) is 0. The van der Waals surface area contributed by atoms with E-state index in [2.05, 4.69) is 6.58 Å². The zero-order valence-electron chi connectivity index (χ0n) is 9.23. The van der Waals surface area contributed by atoms with Crippen molar-refractivity contribution < 1.29 is 4.74 Å². The summed E-state index contributed by atoms with van der Waals surface area (Å²) in [5, 5.41) is 0. The first kappa shape index (κ1) is 12.0. The molecular formula is C13H19NO. The van der Waals surface area contributed by atoms with Crippen molar-refractivity contribution in [3.05, 3.63) is 48.6 Å². The average molecular weight is 205 g/mol. The van der Waals surface area contributed by atoms with Crippen molar-refractivity contribution >= 4 is 0 Å². The van der Waals surface area contributed by atoms with Crippen LogP contribution in [0.3, 0.4) is 0 Å². The van der Waals surface area contributed by atoms with Crippen LogP contribution in [0.5, 0.6) is 0 Å². The molecule has 0 spiro atoms. The van der Waals surface area contributed by atoms with E-state index < -0.39 is 0 Å². The van der Waals surface area contributed by atoms with Gasteiger partial charge in [-0.05, 0) is 11.5 Å². The van der Waals surface area contributed by atoms with E-state index in [-0.39, 0.29) is 6.04 Å². The van der Waals surface area contributed by atoms with Crippen molar-refractivity contribution in [3.8, 4) is 0 Å². The summed E-state index contributed by atoms with van der Waals surface area (Å²) < 4.78 is 5.53. The minimum atomic E-state index is 0.0335. The van der Waals surface area contributed by atoms with Crippen LogP contribution in [-0.2, 0) is 11.3 Å². The fourth-order valence-electron chi connectivity index (χ4n) is 1.21. The van der Waals surface area contributed by atoms with Crippen molar-refractivity contribution in [3.63, 3.8) is 0 Å². The maximum Gasteiger partial charge on any atom is 0.0717 e. The molecule has 0 saturated heterocycles. The third kappa shape index (κ3) is 4.28. The zero-order valence-corrected chi connectivity index (χ0v) is 9.23. The van der Waals surface area contributed by atoms with Crippen molar-refractivity contribution in [2.24, 2.45) is 11.7 Å². The number of rotatable bonds is 6. The van der Waals surface area contributed by atoms with Crippen LogP contribution in [-0.4, -0.2) is 12.6 Å². The van der Waals surface area contributed by atoms with E-state index in [1.165, 1.54) is 5.56 Å². The van der Waals surface area contributed by atoms with Gasteiger partial charge in [0.05, 0.1) is 13.2 Å². The second-order valence-corrected chi connectivity index (χ2v) is 3.76. The third-order valence-electron chi connectivity index (χ3n) is 2.47. The molecule has 0 aliphatic carbocycles. The smallest absolute Gasteiger partial charge is 0.0717 e. The summed E-state index contributed by atoms with van der Waals surface area (Å²) in [6, 6.07) is 10.1. The lowest BCUT2D eigenvalue weighted by molar-refractivity contribution is 0.100. The van der Waals surface area contributed by atoms with E-state index in [9.17, 15) is 0 Å². The van der Waals surface area contributed by atoms with Gasteiger partial charge in [0.2, 0.25) is 0 Å². The molecule has 0 radical (unpaired) electrons. The molecule has 0 unspecified atom stereocenters. The molecule has 1 aromatic carbocycles. The van der Waals surface area contributed by atoms with E-state index >= 15 is 0 Å². The number of hydrogen-bond acceptors (Lipinski definition) is 2. The molecule has 0 saturated carbocycles. The number of nitrogens with two attached hydrogens (primary N) is 1. The van der Waals surface area contributed by atoms with Crippen molar-refractivity contribution in [1.29, 1.82) is 0 Å². The molecule has 82 valence electrons. The summed E-state index contributed by atoms with van der Waals surface area (Å²) in [4.78, 5) is 0. The second-order valence-electron chi connectivity index (χ2n) is 3.76. The lowest BCUT2D eigenvalue weighted by atomic mass is 10.0. The Morgan fingerprint density at radius 2 is 2.07 bits per heavy atom. The standard InChI is InChI=1S/C13H19NO/c1-3-11(2)13(14)10-15-9-12-7-5-4-6-8-12/h3-8,11,13H,1,9-10,14H2,2H3/t11-,13-/m1/s1. The minimum absolute atomic E-state index is 0.0335. The Bertz CT molecular complexity index is 284. The van der Waals surface area contributed by atoms with Gasteiger partial charge in [-0.25, -0.2) is 0 Å². The van der Waals surface area contributed by atoms with Crippen LogP contribution in [0.4, 0.5) is 0 Å². The largest absolute Gasteiger partial charge is 0.375 e. The highest BCUT2D eigenvalue weighted by molar-refractivity contribution is 5.13. The van der Waals surface area contributed by atoms with E-state index in [4.69, 9.17) is 10.5 Å². The van der Waals surface area contributed by atoms with Gasteiger partial charge in [0.1, 0.15) is 0 Å². The highest BCUT2D eigenvalue weighted by atomic mass is 16.5. The van der Waals surface area contributed by atoms with Crippen LogP contribution < -0.4 is 5.73 Å². The fourth-order valence-corrected chi connectivity index (χ4v) is 1.21. The van der Waals surface area contributed by atoms with Crippen LogP contribution in [0, 0.1) is 5.92 Å². The summed E-state index contributed by atoms with van der Waals surface area (Å²) >= 11 is 0. The van der Waals surface area contributed by atoms with Gasteiger partial charge >= 0.3 is 0 Å². The first-order chi connectivity index (χ1) is 7.24. The molecule has 1 rings (SSSR count). The molecule has 2 heteroatoms. The molecule has 0 amide bonds. The van der Waals surface area contributed by atoms with E-state index in [1.807, 2.05) is 43.3 Å². The Kier molecular flexibility index (Phi) is 5.08. The quantitative estimate of drug-likeness (QED) is 0.723. The molecule has 1 aromatic rings. The van der Waals surface area contributed by atoms with Gasteiger partial charge in [0.15, 0.2) is 0 Å². The van der Waals surface area contributed by atoms with Gasteiger partial charge in [-0.2, -0.15) is 0 Å². The molecular weight excluding hydrogens is 186 g/mol. The molecule has 0 aromatic heterocycles. The monoisotopic (exact) mass is 205 g/mol. The van der Waals surface area contributed by atoms with Crippen LogP contribution in [0.1, 0.15) is 12.5 Å². The first-order valence-electron chi connectivity index (χ1n) is 5.24. The molecule has 2 atom stereocenters. The Morgan fingerprint density at radius 3 is 2.67 bits per heavy atom. The molecule has 0 bridgehead atoms. The lowest BCUT2D eigenvalue weighted by Gasteiger charge is -2.16. The van der Waals surface area contributed by atoms with Crippen LogP contribution >= 0.6 is 0 Å². The summed E-state index contributed by atoms with van der Waals surface area (Å²) in [5.74, 6) is 0.292. The lowest BCUT2D eigenvalue weighted by Crippen LogP contribution is -2.32. The molecule has 0 heterocycles. The van der Waals surface area contributed by atoms with E-state index in [0.29, 0.717) is 19.1 Å². The Hall–Kier alpha value is -1.12. The first-order valence-corrected chi connectivity index (χ1v) is 5.24. The van der Waals surface area contributed by atoms with Gasteiger partial charge in [0.25, 0.3) is 0 Å². The van der Waals surface area contributed by atoms with Crippen LogP contribution in [0.15, 0.2) is 43.0 Å². The zero-order chi connectivity index (χ0) is 11.1. The molecule has 0 fully saturated rings. The van der Waals surface area contributed by atoms with Crippen LogP contribution in [0.2, 0.25) is 0 Å². The maximum absolute atomic E-state index is 5.90. The van der Waals surface area contributed by atoms with Crippen molar-refractivity contribution in [2.75, 3.05) is 6.61 Å². The molecule has 0 aliphatic rings. The highest BCUT2D eigenvalue weighted by Gasteiger charge is 2.08. The van der Waals surface area contributed by atoms with Gasteiger partial charge < -0.3 is 10.5 Å². The topological polar surface area (TPSA) is 35.2 Å². The maximum atomic E-state index is 5.90. The molecule has 15 heavy (non-hydrogen) atoms. The Balaban J connectivity index is 2.25.